The average Bonchev–Trinajstić information content (AvgIpc) is 3.45. The van der Waals surface area contributed by atoms with Gasteiger partial charge in [-0.25, -0.2) is 15.0 Å². The highest BCUT2D eigenvalue weighted by atomic mass is 35.5. The van der Waals surface area contributed by atoms with Crippen LogP contribution in [-0.4, -0.2) is 61.3 Å². The lowest BCUT2D eigenvalue weighted by atomic mass is 10.1. The van der Waals surface area contributed by atoms with E-state index >= 15 is 0 Å². The average molecular weight is 500 g/mol. The molecule has 170 valence electrons. The molecular weight excluding hydrogens is 481 g/mol. The first-order valence-corrected chi connectivity index (χ1v) is 12.6. The van der Waals surface area contributed by atoms with Gasteiger partial charge in [0, 0.05) is 5.02 Å². The Morgan fingerprint density at radius 3 is 2.94 bits per heavy atom. The van der Waals surface area contributed by atoms with Crippen molar-refractivity contribution in [1.82, 2.24) is 19.5 Å². The molecule has 3 aromatic rings. The molecule has 14 heteroatoms. The Kier molecular flexibility index (Phi) is 5.91. The van der Waals surface area contributed by atoms with Crippen LogP contribution in [0.25, 0.3) is 11.2 Å². The van der Waals surface area contributed by atoms with E-state index < -0.39 is 37.4 Å². The Hall–Kier alpha value is -1.73. The van der Waals surface area contributed by atoms with E-state index in [1.165, 1.54) is 17.2 Å². The van der Waals surface area contributed by atoms with E-state index in [0.29, 0.717) is 16.2 Å². The first-order valence-electron chi connectivity index (χ1n) is 9.62. The zero-order chi connectivity index (χ0) is 22.5. The number of ether oxygens (including phenoxy) is 1. The minimum atomic E-state index is -3.07. The molecule has 0 radical (unpaired) electrons. The molecule has 0 aliphatic carbocycles. The maximum Gasteiger partial charge on any atom is 0.328 e. The Labute approximate surface area is 192 Å². The minimum Gasteiger partial charge on any atom is -0.387 e. The molecule has 0 amide bonds. The van der Waals surface area contributed by atoms with Crippen molar-refractivity contribution in [1.29, 1.82) is 0 Å². The molecule has 4 N–H and O–H groups in total. The minimum absolute atomic E-state index is 0.141. The standard InChI is InChI=1S/C18H19ClN5O6PS/c19-10-3-1-2-9(4-10)11-5-27-31(32,30-11)28-6-12-14(25)15(26)18(29-12)24-8-23-13-16(20)21-7-22-17(13)24/h1-4,7-8,11-12,14-15,18,25-26H,5-6H2,(H2,20,21,22)/t11-,12-,14-,15-,18-,31?/m1/s1. The van der Waals surface area contributed by atoms with Crippen LogP contribution in [0.3, 0.4) is 0 Å². The molecule has 1 aromatic carbocycles. The third kappa shape index (κ3) is 4.03. The fourth-order valence-corrected chi connectivity index (χ4v) is 5.84. The van der Waals surface area contributed by atoms with Gasteiger partial charge in [0.2, 0.25) is 0 Å². The first kappa shape index (κ1) is 22.1. The lowest BCUT2D eigenvalue weighted by Gasteiger charge is -2.19. The molecule has 2 aliphatic rings. The number of benzene rings is 1. The lowest BCUT2D eigenvalue weighted by molar-refractivity contribution is -0.0488. The number of fused-ring (bicyclic) bond motifs is 1. The van der Waals surface area contributed by atoms with Gasteiger partial charge in [0.25, 0.3) is 0 Å². The SMILES string of the molecule is Nc1ncnc2c1ncn2[C@@H]1O[C@H](COP2(=S)OC[C@H](c3cccc(Cl)c3)O2)[C@@H](O)[C@H]1O. The van der Waals surface area contributed by atoms with Gasteiger partial charge in [-0.2, -0.15) is 0 Å². The van der Waals surface area contributed by atoms with Crippen LogP contribution in [0.4, 0.5) is 5.82 Å². The number of nitrogens with two attached hydrogens (primary N) is 1. The fourth-order valence-electron chi connectivity index (χ4n) is 3.63. The van der Waals surface area contributed by atoms with Crippen molar-refractivity contribution in [3.63, 3.8) is 0 Å². The van der Waals surface area contributed by atoms with Crippen molar-refractivity contribution in [2.24, 2.45) is 0 Å². The highest BCUT2D eigenvalue weighted by Gasteiger charge is 2.46. The van der Waals surface area contributed by atoms with E-state index in [9.17, 15) is 10.2 Å². The van der Waals surface area contributed by atoms with E-state index in [1.54, 1.807) is 12.1 Å². The largest absolute Gasteiger partial charge is 0.387 e. The summed E-state index contributed by atoms with van der Waals surface area (Å²) in [7, 11) is 0. The van der Waals surface area contributed by atoms with Crippen LogP contribution in [-0.2, 0) is 30.1 Å². The molecule has 0 spiro atoms. The quantitative estimate of drug-likeness (QED) is 0.441. The van der Waals surface area contributed by atoms with Crippen molar-refractivity contribution >= 4 is 47.1 Å². The van der Waals surface area contributed by atoms with Gasteiger partial charge < -0.3 is 29.7 Å². The molecule has 0 saturated carbocycles. The zero-order valence-corrected chi connectivity index (χ0v) is 18.9. The Morgan fingerprint density at radius 2 is 2.12 bits per heavy atom. The second kappa shape index (κ2) is 8.56. The summed E-state index contributed by atoms with van der Waals surface area (Å²) in [5, 5.41) is 21.6. The van der Waals surface area contributed by atoms with Gasteiger partial charge >= 0.3 is 6.72 Å². The summed E-state index contributed by atoms with van der Waals surface area (Å²) in [5.74, 6) is 0.198. The highest BCUT2D eigenvalue weighted by molar-refractivity contribution is 8.07. The van der Waals surface area contributed by atoms with Gasteiger partial charge in [0.15, 0.2) is 17.7 Å². The number of aliphatic hydroxyl groups is 2. The number of hydrogen-bond donors (Lipinski definition) is 3. The molecular formula is C18H19ClN5O6PS. The molecule has 11 nitrogen and oxygen atoms in total. The van der Waals surface area contributed by atoms with Gasteiger partial charge in [-0.15, -0.1) is 0 Å². The number of nitrogen functional groups attached to an aromatic ring is 1. The second-order valence-corrected chi connectivity index (χ2v) is 10.7. The number of rotatable bonds is 5. The molecule has 2 aromatic heterocycles. The molecule has 1 unspecified atom stereocenters. The number of aromatic nitrogens is 4. The lowest BCUT2D eigenvalue weighted by Crippen LogP contribution is -2.33. The second-order valence-electron chi connectivity index (χ2n) is 7.32. The van der Waals surface area contributed by atoms with E-state index in [0.717, 1.165) is 5.56 Å². The predicted octanol–water partition coefficient (Wildman–Crippen LogP) is 1.71. The smallest absolute Gasteiger partial charge is 0.328 e. The molecule has 32 heavy (non-hydrogen) atoms. The van der Waals surface area contributed by atoms with Gasteiger partial charge in [0.1, 0.15) is 36.3 Å². The van der Waals surface area contributed by atoms with E-state index in [-0.39, 0.29) is 19.0 Å². The Morgan fingerprint density at radius 1 is 1.28 bits per heavy atom. The Balaban J connectivity index is 1.26. The number of anilines is 1. The van der Waals surface area contributed by atoms with Gasteiger partial charge in [-0.3, -0.25) is 9.09 Å². The van der Waals surface area contributed by atoms with Crippen molar-refractivity contribution in [3.05, 3.63) is 47.5 Å². The van der Waals surface area contributed by atoms with Crippen LogP contribution >= 0.6 is 18.3 Å². The summed E-state index contributed by atoms with van der Waals surface area (Å²) in [6, 6.07) is 7.21. The fraction of sp³-hybridized carbons (Fsp3) is 0.389. The monoisotopic (exact) mass is 499 g/mol. The third-order valence-electron chi connectivity index (χ3n) is 5.26. The maximum absolute atomic E-state index is 10.6. The molecule has 4 heterocycles. The van der Waals surface area contributed by atoms with Crippen molar-refractivity contribution in [3.8, 4) is 0 Å². The van der Waals surface area contributed by atoms with Gasteiger partial charge in [-0.05, 0) is 29.5 Å². The van der Waals surface area contributed by atoms with Gasteiger partial charge in [-0.1, -0.05) is 23.7 Å². The van der Waals surface area contributed by atoms with Crippen LogP contribution in [0.5, 0.6) is 0 Å². The van der Waals surface area contributed by atoms with Crippen molar-refractivity contribution in [2.75, 3.05) is 18.9 Å². The predicted molar refractivity (Wildman–Crippen MR) is 117 cm³/mol. The zero-order valence-electron chi connectivity index (χ0n) is 16.4. The van der Waals surface area contributed by atoms with Crippen LogP contribution in [0, 0.1) is 0 Å². The number of imidazole rings is 1. The first-order chi connectivity index (χ1) is 15.3. The van der Waals surface area contributed by atoms with Crippen molar-refractivity contribution in [2.45, 2.75) is 30.6 Å². The molecule has 2 fully saturated rings. The van der Waals surface area contributed by atoms with Crippen LogP contribution in [0.2, 0.25) is 5.02 Å². The Bertz CT molecular complexity index is 1200. The van der Waals surface area contributed by atoms with Crippen LogP contribution in [0.15, 0.2) is 36.9 Å². The molecule has 6 atom stereocenters. The van der Waals surface area contributed by atoms with Crippen LogP contribution < -0.4 is 5.73 Å². The summed E-state index contributed by atoms with van der Waals surface area (Å²) in [6.45, 7) is -2.99. The van der Waals surface area contributed by atoms with Gasteiger partial charge in [0.05, 0.1) is 19.5 Å². The van der Waals surface area contributed by atoms with E-state index in [1.807, 2.05) is 12.1 Å². The van der Waals surface area contributed by atoms with E-state index in [4.69, 9.17) is 47.4 Å². The summed E-state index contributed by atoms with van der Waals surface area (Å²) in [5.41, 5.74) is 7.37. The topological polar surface area (TPSA) is 147 Å². The van der Waals surface area contributed by atoms with Crippen LogP contribution in [0.1, 0.15) is 17.9 Å². The normalized spacial score (nSPS) is 32.7. The number of halogens is 1. The third-order valence-corrected chi connectivity index (χ3v) is 7.83. The highest BCUT2D eigenvalue weighted by Crippen LogP contribution is 2.59. The summed E-state index contributed by atoms with van der Waals surface area (Å²) in [4.78, 5) is 12.2. The molecule has 5 rings (SSSR count). The summed E-state index contributed by atoms with van der Waals surface area (Å²) < 4.78 is 24.6. The van der Waals surface area contributed by atoms with E-state index in [2.05, 4.69) is 15.0 Å². The number of nitrogens with zero attached hydrogens (tertiary/aromatic N) is 4. The summed E-state index contributed by atoms with van der Waals surface area (Å²) >= 11 is 11.5. The molecule has 0 bridgehead atoms. The van der Waals surface area contributed by atoms with Crippen molar-refractivity contribution < 1.29 is 28.5 Å². The molecule has 2 saturated heterocycles. The number of hydrogen-bond acceptors (Lipinski definition) is 11. The molecule has 2 aliphatic heterocycles. The summed E-state index contributed by atoms with van der Waals surface area (Å²) in [6.07, 6.45) is -2.06. The maximum atomic E-state index is 10.6. The number of aliphatic hydroxyl groups excluding tert-OH is 2.